The lowest BCUT2D eigenvalue weighted by Gasteiger charge is -2.12. The maximum absolute atomic E-state index is 12.7. The second kappa shape index (κ2) is 11.6. The minimum absolute atomic E-state index is 0.197. The van der Waals surface area contributed by atoms with Gasteiger partial charge in [-0.05, 0) is 66.6 Å². The molecule has 0 aliphatic carbocycles. The van der Waals surface area contributed by atoms with Crippen LogP contribution in [0.4, 0.5) is 5.69 Å². The van der Waals surface area contributed by atoms with E-state index in [0.29, 0.717) is 42.7 Å². The number of benzene rings is 3. The normalized spacial score (nSPS) is 10.9. The summed E-state index contributed by atoms with van der Waals surface area (Å²) >= 11 is 0. The van der Waals surface area contributed by atoms with Crippen LogP contribution in [-0.4, -0.2) is 28.9 Å². The fourth-order valence-electron chi connectivity index (χ4n) is 4.08. The van der Waals surface area contributed by atoms with E-state index in [9.17, 15) is 4.79 Å². The van der Waals surface area contributed by atoms with Crippen molar-refractivity contribution in [1.29, 1.82) is 0 Å². The van der Waals surface area contributed by atoms with E-state index in [4.69, 9.17) is 18.6 Å². The van der Waals surface area contributed by atoms with Gasteiger partial charge in [-0.1, -0.05) is 36.4 Å². The summed E-state index contributed by atoms with van der Waals surface area (Å²) < 4.78 is 24.6. The van der Waals surface area contributed by atoms with Crippen molar-refractivity contribution < 1.29 is 23.4 Å². The number of nitrogens with zero attached hydrogens (tertiary/aromatic N) is 2. The minimum atomic E-state index is -0.360. The van der Waals surface area contributed by atoms with Crippen LogP contribution in [0.5, 0.6) is 17.2 Å². The van der Waals surface area contributed by atoms with Crippen molar-refractivity contribution in [2.24, 2.45) is 0 Å². The molecule has 1 N–H and O–H groups in total. The molecule has 0 radical (unpaired) electrons. The van der Waals surface area contributed by atoms with Gasteiger partial charge in [0.05, 0.1) is 31.6 Å². The summed E-state index contributed by atoms with van der Waals surface area (Å²) in [5, 5.41) is 9.44. The smallest absolute Gasteiger partial charge is 0.291 e. The molecule has 0 atom stereocenters. The highest BCUT2D eigenvalue weighted by Crippen LogP contribution is 2.29. The van der Waals surface area contributed by atoms with Crippen molar-refractivity contribution in [1.82, 2.24) is 9.78 Å². The first-order chi connectivity index (χ1) is 18.6. The number of carbonyl (C=O) groups excluding carboxylic acids is 1. The molecule has 0 aliphatic heterocycles. The Balaban J connectivity index is 1.17. The summed E-state index contributed by atoms with van der Waals surface area (Å²) in [5.74, 6) is 2.54. The van der Waals surface area contributed by atoms with Crippen LogP contribution in [0, 0.1) is 0 Å². The largest absolute Gasteiger partial charge is 0.490 e. The number of carbonyl (C=O) groups is 1. The highest BCUT2D eigenvalue weighted by molar-refractivity contribution is 6.02. The summed E-state index contributed by atoms with van der Waals surface area (Å²) in [4.78, 5) is 12.7. The molecule has 5 rings (SSSR count). The number of anilines is 1. The van der Waals surface area contributed by atoms with Gasteiger partial charge in [0.1, 0.15) is 18.1 Å². The van der Waals surface area contributed by atoms with Gasteiger partial charge in [0.2, 0.25) is 0 Å². The van der Waals surface area contributed by atoms with Gasteiger partial charge < -0.3 is 23.9 Å². The van der Waals surface area contributed by atoms with Crippen LogP contribution in [-0.2, 0) is 13.2 Å². The first-order valence-electron chi connectivity index (χ1n) is 12.5. The van der Waals surface area contributed by atoms with Crippen LogP contribution < -0.4 is 19.5 Å². The molecule has 5 aromatic rings. The predicted octanol–water partition coefficient (Wildman–Crippen LogP) is 6.31. The van der Waals surface area contributed by atoms with Gasteiger partial charge in [-0.2, -0.15) is 5.10 Å². The van der Waals surface area contributed by atoms with Crippen molar-refractivity contribution in [2.45, 2.75) is 27.0 Å². The molecule has 0 unspecified atom stereocenters. The van der Waals surface area contributed by atoms with Crippen LogP contribution in [0.15, 0.2) is 89.6 Å². The lowest BCUT2D eigenvalue weighted by Crippen LogP contribution is -2.10. The predicted molar refractivity (Wildman–Crippen MR) is 145 cm³/mol. The van der Waals surface area contributed by atoms with E-state index < -0.39 is 0 Å². The third kappa shape index (κ3) is 5.98. The van der Waals surface area contributed by atoms with Gasteiger partial charge in [0.15, 0.2) is 17.3 Å². The summed E-state index contributed by atoms with van der Waals surface area (Å²) in [6.07, 6.45) is 3.37. The molecular formula is C30H29N3O5. The third-order valence-electron chi connectivity index (χ3n) is 5.83. The first-order valence-corrected chi connectivity index (χ1v) is 12.5. The number of hydrogen-bond acceptors (Lipinski definition) is 6. The van der Waals surface area contributed by atoms with E-state index in [0.717, 1.165) is 22.1 Å². The molecule has 0 aliphatic rings. The van der Waals surface area contributed by atoms with Crippen LogP contribution in [0.2, 0.25) is 0 Å². The zero-order chi connectivity index (χ0) is 26.3. The number of aromatic nitrogens is 2. The van der Waals surface area contributed by atoms with Crippen LogP contribution in [0.1, 0.15) is 35.7 Å². The zero-order valence-corrected chi connectivity index (χ0v) is 21.3. The zero-order valence-electron chi connectivity index (χ0n) is 21.3. The van der Waals surface area contributed by atoms with Crippen molar-refractivity contribution in [3.8, 4) is 17.2 Å². The molecule has 8 heteroatoms. The fourth-order valence-corrected chi connectivity index (χ4v) is 4.08. The molecule has 38 heavy (non-hydrogen) atoms. The molecular weight excluding hydrogens is 482 g/mol. The van der Waals surface area contributed by atoms with Gasteiger partial charge in [0.25, 0.3) is 5.91 Å². The molecule has 8 nitrogen and oxygen atoms in total. The Bertz CT molecular complexity index is 1540. The Morgan fingerprint density at radius 3 is 2.55 bits per heavy atom. The quantitative estimate of drug-likeness (QED) is 0.224. The summed E-state index contributed by atoms with van der Waals surface area (Å²) in [6, 6.07) is 23.2. The summed E-state index contributed by atoms with van der Waals surface area (Å²) in [7, 11) is 0. The average molecular weight is 512 g/mol. The molecule has 0 bridgehead atoms. The average Bonchev–Trinajstić information content (AvgIpc) is 3.59. The van der Waals surface area contributed by atoms with Crippen LogP contribution in [0.3, 0.4) is 0 Å². The number of ether oxygens (including phenoxy) is 3. The maximum Gasteiger partial charge on any atom is 0.291 e. The molecule has 2 aromatic heterocycles. The fraction of sp³-hybridized carbons (Fsp3) is 0.200. The molecule has 1 amide bonds. The van der Waals surface area contributed by atoms with E-state index in [1.54, 1.807) is 29.2 Å². The minimum Gasteiger partial charge on any atom is -0.490 e. The number of amides is 1. The summed E-state index contributed by atoms with van der Waals surface area (Å²) in [5.41, 5.74) is 1.57. The van der Waals surface area contributed by atoms with E-state index in [2.05, 4.69) is 16.5 Å². The number of fused-ring (bicyclic) bond motifs is 1. The number of furan rings is 1. The van der Waals surface area contributed by atoms with Gasteiger partial charge in [-0.3, -0.25) is 9.48 Å². The number of rotatable bonds is 11. The second-order valence-electron chi connectivity index (χ2n) is 8.59. The Morgan fingerprint density at radius 1 is 0.895 bits per heavy atom. The van der Waals surface area contributed by atoms with Crippen LogP contribution in [0.25, 0.3) is 10.8 Å². The highest BCUT2D eigenvalue weighted by Gasteiger charge is 2.14. The monoisotopic (exact) mass is 511 g/mol. The van der Waals surface area contributed by atoms with Crippen molar-refractivity contribution >= 4 is 22.4 Å². The lowest BCUT2D eigenvalue weighted by atomic mass is 10.1. The molecule has 2 heterocycles. The molecule has 0 fully saturated rings. The first kappa shape index (κ1) is 25.0. The Hall–Kier alpha value is -4.72. The van der Waals surface area contributed by atoms with Gasteiger partial charge in [-0.15, -0.1) is 0 Å². The Labute approximate surface area is 220 Å². The van der Waals surface area contributed by atoms with Gasteiger partial charge >= 0.3 is 0 Å². The Morgan fingerprint density at radius 2 is 1.71 bits per heavy atom. The topological polar surface area (TPSA) is 87.8 Å². The number of hydrogen-bond donors (Lipinski definition) is 1. The van der Waals surface area contributed by atoms with E-state index in [1.807, 2.05) is 68.4 Å². The second-order valence-corrected chi connectivity index (χ2v) is 8.59. The maximum atomic E-state index is 12.7. The number of nitrogens with one attached hydrogen (secondary N) is 1. The van der Waals surface area contributed by atoms with Crippen molar-refractivity contribution in [3.05, 3.63) is 102 Å². The lowest BCUT2D eigenvalue weighted by molar-refractivity contribution is 0.0992. The summed E-state index contributed by atoms with van der Waals surface area (Å²) in [6.45, 7) is 5.72. The standard InChI is InChI=1S/C30H29N3O5/c1-3-35-27-13-9-21(15-29(27)36-4-2)18-33-19-24(17-31-33)32-30(34)28-14-12-26(38-28)20-37-25-11-10-22-7-5-6-8-23(22)16-25/h5-17,19H,3-4,18,20H2,1-2H3,(H,32,34). The van der Waals surface area contributed by atoms with Gasteiger partial charge in [-0.25, -0.2) is 0 Å². The van der Waals surface area contributed by atoms with E-state index in [-0.39, 0.29) is 18.3 Å². The van der Waals surface area contributed by atoms with E-state index >= 15 is 0 Å². The van der Waals surface area contributed by atoms with Crippen molar-refractivity contribution in [3.63, 3.8) is 0 Å². The molecule has 3 aromatic carbocycles. The van der Waals surface area contributed by atoms with E-state index in [1.165, 1.54) is 0 Å². The van der Waals surface area contributed by atoms with Gasteiger partial charge in [0, 0.05) is 6.20 Å². The van der Waals surface area contributed by atoms with Crippen LogP contribution >= 0.6 is 0 Å². The van der Waals surface area contributed by atoms with Crippen molar-refractivity contribution in [2.75, 3.05) is 18.5 Å². The Kier molecular flexibility index (Phi) is 7.59. The SMILES string of the molecule is CCOc1ccc(Cn2cc(NC(=O)c3ccc(COc4ccc5ccccc5c4)o3)cn2)cc1OCC. The molecule has 0 saturated carbocycles. The highest BCUT2D eigenvalue weighted by atomic mass is 16.5. The third-order valence-corrected chi connectivity index (χ3v) is 5.83. The molecule has 194 valence electrons. The molecule has 0 spiro atoms. The molecule has 0 saturated heterocycles.